The van der Waals surface area contributed by atoms with Gasteiger partial charge in [-0.25, -0.2) is 4.98 Å². The van der Waals surface area contributed by atoms with Gasteiger partial charge >= 0.3 is 0 Å². The van der Waals surface area contributed by atoms with E-state index in [9.17, 15) is 4.79 Å². The molecule has 2 aromatic heterocycles. The zero-order valence-electron chi connectivity index (χ0n) is 17.2. The molecule has 0 unspecified atom stereocenters. The number of methoxy groups -OCH3 is 1. The molecule has 7 nitrogen and oxygen atoms in total. The molecule has 1 amide bonds. The molecule has 0 bridgehead atoms. The van der Waals surface area contributed by atoms with Gasteiger partial charge < -0.3 is 19.3 Å². The quantitative estimate of drug-likeness (QED) is 0.587. The van der Waals surface area contributed by atoms with Gasteiger partial charge in [0.15, 0.2) is 11.5 Å². The molecule has 0 saturated heterocycles. The number of hydrogen-bond acceptors (Lipinski definition) is 7. The molecule has 3 rings (SSSR count). The van der Waals surface area contributed by atoms with Crippen LogP contribution in [0.5, 0.6) is 11.5 Å². The fraction of sp³-hybridized carbons (Fsp3) is 0.381. The molecule has 0 atom stereocenters. The van der Waals surface area contributed by atoms with Gasteiger partial charge in [0.25, 0.3) is 5.91 Å². The van der Waals surface area contributed by atoms with Gasteiger partial charge in [-0.05, 0) is 32.0 Å². The van der Waals surface area contributed by atoms with E-state index in [1.165, 1.54) is 0 Å². The topological polar surface area (TPSA) is 86.5 Å². The molecule has 154 valence electrons. The molecule has 1 aromatic carbocycles. The third-order valence-electron chi connectivity index (χ3n) is 4.47. The third kappa shape index (κ3) is 4.95. The van der Waals surface area contributed by atoms with Gasteiger partial charge in [0.05, 0.1) is 35.6 Å². The summed E-state index contributed by atoms with van der Waals surface area (Å²) in [6.07, 6.45) is 0. The second-order valence-electron chi connectivity index (χ2n) is 6.97. The first-order valence-electron chi connectivity index (χ1n) is 9.34. The number of aromatic nitrogens is 2. The zero-order valence-corrected chi connectivity index (χ0v) is 18.1. The van der Waals surface area contributed by atoms with Crippen LogP contribution in [0, 0.1) is 13.8 Å². The molecule has 1 N–H and O–H groups in total. The Morgan fingerprint density at radius 2 is 2.07 bits per heavy atom. The van der Waals surface area contributed by atoms with Crippen molar-refractivity contribution in [2.75, 3.05) is 7.11 Å². The standard InChI is InChI=1S/C21H25N3O4S/c1-12(2)21-23-16(11-29-21)9-22-20(25)15-6-7-18(19(8-15)26-5)27-10-17-13(3)24-28-14(17)4/h6-8,11-12H,9-10H2,1-5H3,(H,22,25). The fourth-order valence-corrected chi connectivity index (χ4v) is 3.56. The van der Waals surface area contributed by atoms with Crippen LogP contribution in [0.1, 0.15) is 57.8 Å². The highest BCUT2D eigenvalue weighted by Gasteiger charge is 2.15. The molecular weight excluding hydrogens is 390 g/mol. The van der Waals surface area contributed by atoms with Crippen LogP contribution in [0.2, 0.25) is 0 Å². The van der Waals surface area contributed by atoms with E-state index in [1.54, 1.807) is 36.6 Å². The first kappa shape index (κ1) is 20.9. The summed E-state index contributed by atoms with van der Waals surface area (Å²) in [6, 6.07) is 5.10. The fourth-order valence-electron chi connectivity index (χ4n) is 2.73. The summed E-state index contributed by atoms with van der Waals surface area (Å²) < 4.78 is 16.4. The van der Waals surface area contributed by atoms with Crippen molar-refractivity contribution in [2.24, 2.45) is 0 Å². The number of nitrogens with zero attached hydrogens (tertiary/aromatic N) is 2. The highest BCUT2D eigenvalue weighted by molar-refractivity contribution is 7.09. The first-order chi connectivity index (χ1) is 13.9. The Morgan fingerprint density at radius 1 is 1.28 bits per heavy atom. The van der Waals surface area contributed by atoms with E-state index in [0.717, 1.165) is 27.7 Å². The molecule has 3 aromatic rings. The van der Waals surface area contributed by atoms with Crippen LogP contribution >= 0.6 is 11.3 Å². The number of aryl methyl sites for hydroxylation is 2. The summed E-state index contributed by atoms with van der Waals surface area (Å²) in [5.74, 6) is 1.94. The van der Waals surface area contributed by atoms with Crippen molar-refractivity contribution < 1.29 is 18.8 Å². The van der Waals surface area contributed by atoms with Gasteiger partial charge in [-0.2, -0.15) is 0 Å². The highest BCUT2D eigenvalue weighted by Crippen LogP contribution is 2.29. The molecule has 0 aliphatic rings. The molecule has 0 radical (unpaired) electrons. The van der Waals surface area contributed by atoms with Crippen molar-refractivity contribution in [1.29, 1.82) is 0 Å². The highest BCUT2D eigenvalue weighted by atomic mass is 32.1. The van der Waals surface area contributed by atoms with E-state index in [2.05, 4.69) is 29.3 Å². The Balaban J connectivity index is 1.64. The second-order valence-corrected chi connectivity index (χ2v) is 7.86. The second kappa shape index (κ2) is 9.09. The molecule has 8 heteroatoms. The van der Waals surface area contributed by atoms with Crippen LogP contribution in [-0.4, -0.2) is 23.2 Å². The minimum absolute atomic E-state index is 0.195. The smallest absolute Gasteiger partial charge is 0.251 e. The van der Waals surface area contributed by atoms with Crippen LogP contribution in [0.3, 0.4) is 0 Å². The number of hydrogen-bond donors (Lipinski definition) is 1. The van der Waals surface area contributed by atoms with E-state index in [4.69, 9.17) is 14.0 Å². The Bertz CT molecular complexity index is 974. The third-order valence-corrected chi connectivity index (χ3v) is 5.67. The SMILES string of the molecule is COc1cc(C(=O)NCc2csc(C(C)C)n2)ccc1OCc1c(C)noc1C. The monoisotopic (exact) mass is 415 g/mol. The maximum absolute atomic E-state index is 12.5. The summed E-state index contributed by atoms with van der Waals surface area (Å²) in [6.45, 7) is 8.60. The van der Waals surface area contributed by atoms with Crippen LogP contribution in [-0.2, 0) is 13.2 Å². The van der Waals surface area contributed by atoms with Crippen LogP contribution < -0.4 is 14.8 Å². The van der Waals surface area contributed by atoms with E-state index >= 15 is 0 Å². The predicted molar refractivity (Wildman–Crippen MR) is 111 cm³/mol. The van der Waals surface area contributed by atoms with Crippen LogP contribution in [0.25, 0.3) is 0 Å². The average Bonchev–Trinajstić information content (AvgIpc) is 3.31. The number of nitrogens with one attached hydrogen (secondary N) is 1. The van der Waals surface area contributed by atoms with Gasteiger partial charge in [-0.15, -0.1) is 11.3 Å². The maximum Gasteiger partial charge on any atom is 0.251 e. The van der Waals surface area contributed by atoms with Crippen molar-refractivity contribution in [3.05, 3.63) is 56.9 Å². The molecular formula is C21H25N3O4S. The summed E-state index contributed by atoms with van der Waals surface area (Å²) in [7, 11) is 1.54. The van der Waals surface area contributed by atoms with E-state index < -0.39 is 0 Å². The lowest BCUT2D eigenvalue weighted by Gasteiger charge is -2.12. The van der Waals surface area contributed by atoms with Gasteiger partial charge in [0.2, 0.25) is 0 Å². The van der Waals surface area contributed by atoms with Gasteiger partial charge in [0, 0.05) is 16.9 Å². The van der Waals surface area contributed by atoms with E-state index in [-0.39, 0.29) is 5.91 Å². The van der Waals surface area contributed by atoms with E-state index in [1.807, 2.05) is 19.2 Å². The van der Waals surface area contributed by atoms with E-state index in [0.29, 0.717) is 36.1 Å². The summed E-state index contributed by atoms with van der Waals surface area (Å²) >= 11 is 1.61. The number of ether oxygens (including phenoxy) is 2. The normalized spacial score (nSPS) is 11.0. The largest absolute Gasteiger partial charge is 0.493 e. The van der Waals surface area contributed by atoms with Gasteiger partial charge in [0.1, 0.15) is 12.4 Å². The van der Waals surface area contributed by atoms with Crippen molar-refractivity contribution in [1.82, 2.24) is 15.5 Å². The summed E-state index contributed by atoms with van der Waals surface area (Å²) in [4.78, 5) is 17.1. The predicted octanol–water partition coefficient (Wildman–Crippen LogP) is 4.39. The number of carbonyl (C=O) groups is 1. The molecule has 0 fully saturated rings. The molecule has 0 aliphatic carbocycles. The van der Waals surface area contributed by atoms with Crippen molar-refractivity contribution >= 4 is 17.2 Å². The van der Waals surface area contributed by atoms with Gasteiger partial charge in [-0.3, -0.25) is 4.79 Å². The maximum atomic E-state index is 12.5. The molecule has 0 spiro atoms. The Labute approximate surface area is 174 Å². The number of thiazole rings is 1. The lowest BCUT2D eigenvalue weighted by molar-refractivity contribution is 0.0950. The number of amides is 1. The molecule has 29 heavy (non-hydrogen) atoms. The van der Waals surface area contributed by atoms with Crippen LogP contribution in [0.4, 0.5) is 0 Å². The van der Waals surface area contributed by atoms with Gasteiger partial charge in [-0.1, -0.05) is 19.0 Å². The summed E-state index contributed by atoms with van der Waals surface area (Å²) in [5, 5.41) is 9.86. The molecule has 2 heterocycles. The lowest BCUT2D eigenvalue weighted by Crippen LogP contribution is -2.23. The lowest BCUT2D eigenvalue weighted by atomic mass is 10.2. The minimum Gasteiger partial charge on any atom is -0.493 e. The Kier molecular flexibility index (Phi) is 6.53. The summed E-state index contributed by atoms with van der Waals surface area (Å²) in [5.41, 5.74) is 3.04. The average molecular weight is 416 g/mol. The minimum atomic E-state index is -0.195. The number of benzene rings is 1. The molecule has 0 saturated carbocycles. The number of carbonyl (C=O) groups excluding carboxylic acids is 1. The zero-order chi connectivity index (χ0) is 21.0. The number of rotatable bonds is 8. The van der Waals surface area contributed by atoms with Crippen molar-refractivity contribution in [3.63, 3.8) is 0 Å². The Morgan fingerprint density at radius 3 is 2.69 bits per heavy atom. The Hall–Kier alpha value is -2.87. The van der Waals surface area contributed by atoms with Crippen LogP contribution in [0.15, 0.2) is 28.1 Å². The first-order valence-corrected chi connectivity index (χ1v) is 10.2. The molecule has 0 aliphatic heterocycles. The van der Waals surface area contributed by atoms with Crippen molar-refractivity contribution in [2.45, 2.75) is 46.8 Å². The van der Waals surface area contributed by atoms with Crippen molar-refractivity contribution in [3.8, 4) is 11.5 Å².